The summed E-state index contributed by atoms with van der Waals surface area (Å²) >= 11 is 0. The van der Waals surface area contributed by atoms with Gasteiger partial charge in [-0.2, -0.15) is 0 Å². The topological polar surface area (TPSA) is 38.3 Å². The van der Waals surface area contributed by atoms with Crippen molar-refractivity contribution >= 4 is 5.78 Å². The van der Waals surface area contributed by atoms with E-state index in [0.29, 0.717) is 12.8 Å². The fourth-order valence-electron chi connectivity index (χ4n) is 2.22. The number of carbonyl (C=O) groups excluding carboxylic acids is 1. The number of fused-ring (bicyclic) bond motifs is 1. The second-order valence-corrected chi connectivity index (χ2v) is 4.40. The molecule has 0 saturated heterocycles. The Morgan fingerprint density at radius 1 is 1.47 bits per heavy atom. The molecule has 1 heterocycles. The number of hydrogen-bond acceptors (Lipinski definition) is 3. The number of rotatable bonds is 5. The molecule has 2 rings (SSSR count). The first-order chi connectivity index (χ1) is 8.31. The molecule has 17 heavy (non-hydrogen) atoms. The minimum atomic E-state index is -0.0377. The number of ether oxygens (including phenoxy) is 1. The molecule has 1 atom stereocenters. The van der Waals surface area contributed by atoms with Crippen LogP contribution in [0.2, 0.25) is 0 Å². The van der Waals surface area contributed by atoms with Crippen molar-refractivity contribution < 1.29 is 9.53 Å². The van der Waals surface area contributed by atoms with Crippen molar-refractivity contribution in [2.75, 3.05) is 20.2 Å². The van der Waals surface area contributed by atoms with Crippen molar-refractivity contribution in [1.29, 1.82) is 0 Å². The zero-order valence-corrected chi connectivity index (χ0v) is 10.2. The Morgan fingerprint density at radius 3 is 3.12 bits per heavy atom. The zero-order chi connectivity index (χ0) is 12.1. The third-order valence-corrected chi connectivity index (χ3v) is 3.16. The summed E-state index contributed by atoms with van der Waals surface area (Å²) in [7, 11) is 1.86. The van der Waals surface area contributed by atoms with Gasteiger partial charge in [-0.3, -0.25) is 4.79 Å². The Labute approximate surface area is 102 Å². The van der Waals surface area contributed by atoms with Crippen molar-refractivity contribution in [3.63, 3.8) is 0 Å². The van der Waals surface area contributed by atoms with E-state index in [1.807, 2.05) is 19.2 Å². The monoisotopic (exact) mass is 233 g/mol. The van der Waals surface area contributed by atoms with Gasteiger partial charge in [-0.1, -0.05) is 24.3 Å². The lowest BCUT2D eigenvalue weighted by molar-refractivity contribution is -0.122. The predicted molar refractivity (Wildman–Crippen MR) is 67.0 cm³/mol. The summed E-state index contributed by atoms with van der Waals surface area (Å²) in [6, 6.07) is 8.26. The van der Waals surface area contributed by atoms with E-state index in [-0.39, 0.29) is 11.9 Å². The lowest BCUT2D eigenvalue weighted by Crippen LogP contribution is -2.20. The van der Waals surface area contributed by atoms with Gasteiger partial charge in [0.05, 0.1) is 12.7 Å². The van der Waals surface area contributed by atoms with Gasteiger partial charge in [-0.05, 0) is 24.6 Å². The maximum absolute atomic E-state index is 11.8. The van der Waals surface area contributed by atoms with E-state index in [1.165, 1.54) is 11.1 Å². The van der Waals surface area contributed by atoms with Crippen LogP contribution in [0, 0.1) is 0 Å². The maximum atomic E-state index is 11.8. The number of hydrogen-bond donors (Lipinski definition) is 1. The molecule has 0 saturated carbocycles. The number of benzene rings is 1. The van der Waals surface area contributed by atoms with Gasteiger partial charge in [-0.25, -0.2) is 0 Å². The Balaban J connectivity index is 2.01. The van der Waals surface area contributed by atoms with Crippen molar-refractivity contribution in [2.24, 2.45) is 0 Å². The average molecular weight is 233 g/mol. The molecule has 0 spiro atoms. The molecule has 1 aliphatic rings. The number of Topliss-reactive ketones (excluding diaryl/α,β-unsaturated/α-hetero) is 1. The van der Waals surface area contributed by atoms with Gasteiger partial charge in [0, 0.05) is 19.4 Å². The molecule has 1 unspecified atom stereocenters. The van der Waals surface area contributed by atoms with Crippen LogP contribution in [0.15, 0.2) is 24.3 Å². The van der Waals surface area contributed by atoms with Crippen LogP contribution >= 0.6 is 0 Å². The molecular weight excluding hydrogens is 214 g/mol. The lowest BCUT2D eigenvalue weighted by atomic mass is 9.94. The number of ketones is 1. The van der Waals surface area contributed by atoms with Crippen LogP contribution in [0.25, 0.3) is 0 Å². The van der Waals surface area contributed by atoms with E-state index in [9.17, 15) is 4.79 Å². The van der Waals surface area contributed by atoms with Crippen LogP contribution in [-0.2, 0) is 16.0 Å². The molecule has 3 nitrogen and oxygen atoms in total. The molecule has 0 amide bonds. The van der Waals surface area contributed by atoms with E-state index < -0.39 is 0 Å². The van der Waals surface area contributed by atoms with Crippen molar-refractivity contribution in [2.45, 2.75) is 25.4 Å². The highest BCUT2D eigenvalue weighted by molar-refractivity contribution is 5.79. The van der Waals surface area contributed by atoms with Gasteiger partial charge in [0.1, 0.15) is 5.78 Å². The van der Waals surface area contributed by atoms with Gasteiger partial charge in [0.15, 0.2) is 0 Å². The largest absolute Gasteiger partial charge is 0.373 e. The Kier molecular flexibility index (Phi) is 4.29. The Morgan fingerprint density at radius 2 is 2.29 bits per heavy atom. The second-order valence-electron chi connectivity index (χ2n) is 4.40. The normalized spacial score (nSPS) is 18.8. The summed E-state index contributed by atoms with van der Waals surface area (Å²) in [6.07, 6.45) is 2.00. The molecule has 1 aromatic rings. The highest BCUT2D eigenvalue weighted by atomic mass is 16.5. The van der Waals surface area contributed by atoms with Crippen LogP contribution in [0.5, 0.6) is 0 Å². The molecule has 0 bridgehead atoms. The summed E-state index contributed by atoms with van der Waals surface area (Å²) in [5.41, 5.74) is 2.52. The molecule has 1 N–H and O–H groups in total. The van der Waals surface area contributed by atoms with Gasteiger partial charge in [-0.15, -0.1) is 0 Å². The quantitative estimate of drug-likeness (QED) is 0.843. The minimum Gasteiger partial charge on any atom is -0.373 e. The summed E-state index contributed by atoms with van der Waals surface area (Å²) in [5.74, 6) is 0.265. The molecular formula is C14H19NO2. The van der Waals surface area contributed by atoms with E-state index in [0.717, 1.165) is 19.6 Å². The van der Waals surface area contributed by atoms with Crippen molar-refractivity contribution in [1.82, 2.24) is 5.32 Å². The van der Waals surface area contributed by atoms with E-state index >= 15 is 0 Å². The van der Waals surface area contributed by atoms with E-state index in [1.54, 1.807) is 0 Å². The Bertz CT molecular complexity index is 390. The van der Waals surface area contributed by atoms with Crippen LogP contribution in [0.3, 0.4) is 0 Å². The van der Waals surface area contributed by atoms with Crippen LogP contribution in [0.4, 0.5) is 0 Å². The van der Waals surface area contributed by atoms with Crippen molar-refractivity contribution in [3.8, 4) is 0 Å². The molecule has 0 fully saturated rings. The Hall–Kier alpha value is -1.19. The fourth-order valence-corrected chi connectivity index (χ4v) is 2.22. The standard InChI is InChI=1S/C14H19NO2/c1-15-8-6-12(16)10-14-13-5-3-2-4-11(13)7-9-17-14/h2-5,14-15H,6-10H2,1H3. The lowest BCUT2D eigenvalue weighted by Gasteiger charge is -2.25. The van der Waals surface area contributed by atoms with Gasteiger partial charge in [0.2, 0.25) is 0 Å². The smallest absolute Gasteiger partial charge is 0.137 e. The van der Waals surface area contributed by atoms with Gasteiger partial charge >= 0.3 is 0 Å². The van der Waals surface area contributed by atoms with Gasteiger partial charge in [0.25, 0.3) is 0 Å². The van der Waals surface area contributed by atoms with Crippen LogP contribution in [-0.4, -0.2) is 26.0 Å². The average Bonchev–Trinajstić information content (AvgIpc) is 2.37. The molecule has 0 aliphatic carbocycles. The molecule has 0 aromatic heterocycles. The first-order valence-corrected chi connectivity index (χ1v) is 6.17. The number of carbonyl (C=O) groups is 1. The SMILES string of the molecule is CNCCC(=O)CC1OCCc2ccccc21. The third kappa shape index (κ3) is 3.14. The van der Waals surface area contributed by atoms with E-state index in [2.05, 4.69) is 17.4 Å². The number of nitrogens with one attached hydrogen (secondary N) is 1. The second kappa shape index (κ2) is 5.94. The minimum absolute atomic E-state index is 0.0377. The van der Waals surface area contributed by atoms with Crippen molar-refractivity contribution in [3.05, 3.63) is 35.4 Å². The predicted octanol–water partition coefficient (Wildman–Crippen LogP) is 1.87. The summed E-state index contributed by atoms with van der Waals surface area (Å²) in [5, 5.41) is 2.99. The molecule has 3 heteroatoms. The molecule has 92 valence electrons. The zero-order valence-electron chi connectivity index (χ0n) is 10.2. The first kappa shape index (κ1) is 12.3. The highest BCUT2D eigenvalue weighted by Gasteiger charge is 2.22. The van der Waals surface area contributed by atoms with Gasteiger partial charge < -0.3 is 10.1 Å². The fraction of sp³-hybridized carbons (Fsp3) is 0.500. The van der Waals surface area contributed by atoms with Crippen LogP contribution in [0.1, 0.15) is 30.1 Å². The molecule has 0 radical (unpaired) electrons. The summed E-state index contributed by atoms with van der Waals surface area (Å²) in [6.45, 7) is 1.47. The van der Waals surface area contributed by atoms with E-state index in [4.69, 9.17) is 4.74 Å². The molecule has 1 aliphatic heterocycles. The summed E-state index contributed by atoms with van der Waals surface area (Å²) < 4.78 is 5.71. The molecule has 1 aromatic carbocycles. The summed E-state index contributed by atoms with van der Waals surface area (Å²) in [4.78, 5) is 11.8. The maximum Gasteiger partial charge on any atom is 0.137 e. The van der Waals surface area contributed by atoms with Crippen LogP contribution < -0.4 is 5.32 Å². The highest BCUT2D eigenvalue weighted by Crippen LogP contribution is 2.29. The third-order valence-electron chi connectivity index (χ3n) is 3.16. The first-order valence-electron chi connectivity index (χ1n) is 6.17.